The Morgan fingerprint density at radius 1 is 1.58 bits per heavy atom. The van der Waals surface area contributed by atoms with E-state index in [0.29, 0.717) is 18.7 Å². The van der Waals surface area contributed by atoms with Gasteiger partial charge in [0, 0.05) is 43.3 Å². The van der Waals surface area contributed by atoms with Gasteiger partial charge in [0.05, 0.1) is 0 Å². The van der Waals surface area contributed by atoms with Crippen LogP contribution in [0.5, 0.6) is 0 Å². The van der Waals surface area contributed by atoms with Crippen LogP contribution in [0.15, 0.2) is 16.7 Å². The molecule has 1 aliphatic rings. The molecule has 1 unspecified atom stereocenters. The molecule has 0 aliphatic carbocycles. The maximum Gasteiger partial charge on any atom is 0.268 e. The highest BCUT2D eigenvalue weighted by Gasteiger charge is 2.23. The van der Waals surface area contributed by atoms with E-state index in [2.05, 4.69) is 21.2 Å². The SMILES string of the molecule is CC(CN1CCCC1=O)NC(=O)c1cc(Br)cn1C. The summed E-state index contributed by atoms with van der Waals surface area (Å²) in [5, 5.41) is 2.92. The molecule has 0 radical (unpaired) electrons. The van der Waals surface area contributed by atoms with Crippen LogP contribution < -0.4 is 5.32 Å². The average molecular weight is 328 g/mol. The highest BCUT2D eigenvalue weighted by molar-refractivity contribution is 9.10. The number of amides is 2. The third-order valence-electron chi connectivity index (χ3n) is 3.25. The molecule has 1 N–H and O–H groups in total. The molecule has 0 bridgehead atoms. The number of aryl methyl sites for hydroxylation is 1. The van der Waals surface area contributed by atoms with Gasteiger partial charge in [0.2, 0.25) is 5.91 Å². The standard InChI is InChI=1S/C13H18BrN3O2/c1-9(7-17-5-3-4-12(17)18)15-13(19)11-6-10(14)8-16(11)2/h6,8-9H,3-5,7H2,1-2H3,(H,15,19). The lowest BCUT2D eigenvalue weighted by molar-refractivity contribution is -0.127. The molecule has 1 saturated heterocycles. The number of rotatable bonds is 4. The summed E-state index contributed by atoms with van der Waals surface area (Å²) in [6.07, 6.45) is 3.39. The molecule has 104 valence electrons. The van der Waals surface area contributed by atoms with Crippen molar-refractivity contribution in [2.24, 2.45) is 7.05 Å². The summed E-state index contributed by atoms with van der Waals surface area (Å²) in [7, 11) is 1.83. The van der Waals surface area contributed by atoms with E-state index in [1.165, 1.54) is 0 Å². The number of aromatic nitrogens is 1. The Labute approximate surface area is 121 Å². The van der Waals surface area contributed by atoms with Gasteiger partial charge in [-0.25, -0.2) is 0 Å². The van der Waals surface area contributed by atoms with Gasteiger partial charge in [0.15, 0.2) is 0 Å². The normalized spacial score (nSPS) is 16.8. The van der Waals surface area contributed by atoms with Crippen LogP contribution in [0.25, 0.3) is 0 Å². The number of carbonyl (C=O) groups is 2. The molecular weight excluding hydrogens is 310 g/mol. The molecule has 0 spiro atoms. The largest absolute Gasteiger partial charge is 0.347 e. The van der Waals surface area contributed by atoms with E-state index in [1.807, 2.05) is 25.1 Å². The molecule has 2 heterocycles. The number of nitrogens with zero attached hydrogens (tertiary/aromatic N) is 2. The third-order valence-corrected chi connectivity index (χ3v) is 3.68. The summed E-state index contributed by atoms with van der Waals surface area (Å²) in [4.78, 5) is 25.4. The van der Waals surface area contributed by atoms with Crippen LogP contribution in [0, 0.1) is 0 Å². The lowest BCUT2D eigenvalue weighted by atomic mass is 10.3. The van der Waals surface area contributed by atoms with Gasteiger partial charge >= 0.3 is 0 Å². The molecule has 2 rings (SSSR count). The van der Waals surface area contributed by atoms with Crippen molar-refractivity contribution in [1.29, 1.82) is 0 Å². The van der Waals surface area contributed by atoms with Crippen LogP contribution in [-0.2, 0) is 11.8 Å². The van der Waals surface area contributed by atoms with E-state index in [-0.39, 0.29) is 17.9 Å². The van der Waals surface area contributed by atoms with Gasteiger partial charge in [-0.1, -0.05) is 0 Å². The average Bonchev–Trinajstić information content (AvgIpc) is 2.85. The fraction of sp³-hybridized carbons (Fsp3) is 0.538. The quantitative estimate of drug-likeness (QED) is 0.911. The smallest absolute Gasteiger partial charge is 0.268 e. The number of halogens is 1. The molecule has 1 aromatic heterocycles. The van der Waals surface area contributed by atoms with Crippen molar-refractivity contribution in [3.8, 4) is 0 Å². The molecule has 1 atom stereocenters. The Morgan fingerprint density at radius 2 is 2.32 bits per heavy atom. The summed E-state index contributed by atoms with van der Waals surface area (Å²) in [5.74, 6) is 0.0649. The van der Waals surface area contributed by atoms with Gasteiger partial charge in [-0.2, -0.15) is 0 Å². The summed E-state index contributed by atoms with van der Waals surface area (Å²) in [6, 6.07) is 1.73. The molecule has 19 heavy (non-hydrogen) atoms. The number of hydrogen-bond acceptors (Lipinski definition) is 2. The fourth-order valence-electron chi connectivity index (χ4n) is 2.32. The summed E-state index contributed by atoms with van der Waals surface area (Å²) >= 11 is 3.34. The Kier molecular flexibility index (Phi) is 4.29. The molecule has 0 saturated carbocycles. The number of likely N-dealkylation sites (tertiary alicyclic amines) is 1. The van der Waals surface area contributed by atoms with Crippen molar-refractivity contribution in [2.75, 3.05) is 13.1 Å². The van der Waals surface area contributed by atoms with Crippen LogP contribution in [0.3, 0.4) is 0 Å². The van der Waals surface area contributed by atoms with Gasteiger partial charge in [-0.3, -0.25) is 9.59 Å². The molecule has 6 heteroatoms. The lowest BCUT2D eigenvalue weighted by Crippen LogP contribution is -2.42. The van der Waals surface area contributed by atoms with Crippen molar-refractivity contribution >= 4 is 27.7 Å². The maximum atomic E-state index is 12.1. The maximum absolute atomic E-state index is 12.1. The van der Waals surface area contributed by atoms with Crippen LogP contribution >= 0.6 is 15.9 Å². The molecule has 1 fully saturated rings. The molecule has 1 aromatic rings. The number of carbonyl (C=O) groups excluding carboxylic acids is 2. The predicted octanol–water partition coefficient (Wildman–Crippen LogP) is 1.53. The minimum Gasteiger partial charge on any atom is -0.347 e. The van der Waals surface area contributed by atoms with Gasteiger partial charge in [0.1, 0.15) is 5.69 Å². The summed E-state index contributed by atoms with van der Waals surface area (Å²) in [6.45, 7) is 3.30. The van der Waals surface area contributed by atoms with E-state index in [9.17, 15) is 9.59 Å². The van der Waals surface area contributed by atoms with Gasteiger partial charge in [-0.15, -0.1) is 0 Å². The number of nitrogens with one attached hydrogen (secondary N) is 1. The lowest BCUT2D eigenvalue weighted by Gasteiger charge is -2.21. The van der Waals surface area contributed by atoms with Crippen molar-refractivity contribution in [3.05, 3.63) is 22.4 Å². The summed E-state index contributed by atoms with van der Waals surface area (Å²) < 4.78 is 2.65. The molecule has 1 aliphatic heterocycles. The fourth-order valence-corrected chi connectivity index (χ4v) is 2.84. The van der Waals surface area contributed by atoms with Crippen molar-refractivity contribution in [3.63, 3.8) is 0 Å². The van der Waals surface area contributed by atoms with Crippen molar-refractivity contribution < 1.29 is 9.59 Å². The van der Waals surface area contributed by atoms with E-state index in [0.717, 1.165) is 17.4 Å². The Balaban J connectivity index is 1.91. The van der Waals surface area contributed by atoms with Crippen LogP contribution in [0.4, 0.5) is 0 Å². The Hall–Kier alpha value is -1.30. The first kappa shape index (κ1) is 14.1. The third kappa shape index (κ3) is 3.37. The van der Waals surface area contributed by atoms with Crippen LogP contribution in [0.1, 0.15) is 30.3 Å². The second-order valence-electron chi connectivity index (χ2n) is 4.97. The van der Waals surface area contributed by atoms with E-state index in [1.54, 1.807) is 10.6 Å². The Bertz CT molecular complexity index is 498. The van der Waals surface area contributed by atoms with E-state index >= 15 is 0 Å². The van der Waals surface area contributed by atoms with Gasteiger partial charge in [-0.05, 0) is 35.3 Å². The summed E-state index contributed by atoms with van der Waals surface area (Å²) in [5.41, 5.74) is 0.603. The Morgan fingerprint density at radius 3 is 2.84 bits per heavy atom. The van der Waals surface area contributed by atoms with Gasteiger partial charge < -0.3 is 14.8 Å². The zero-order valence-corrected chi connectivity index (χ0v) is 12.7. The molecular formula is C13H18BrN3O2. The van der Waals surface area contributed by atoms with Crippen LogP contribution in [0.2, 0.25) is 0 Å². The zero-order valence-electron chi connectivity index (χ0n) is 11.1. The highest BCUT2D eigenvalue weighted by atomic mass is 79.9. The minimum atomic E-state index is -0.118. The van der Waals surface area contributed by atoms with Gasteiger partial charge in [0.25, 0.3) is 5.91 Å². The predicted molar refractivity (Wildman–Crippen MR) is 75.9 cm³/mol. The first-order valence-corrected chi connectivity index (χ1v) is 7.17. The monoisotopic (exact) mass is 327 g/mol. The second-order valence-corrected chi connectivity index (χ2v) is 5.89. The molecule has 0 aromatic carbocycles. The minimum absolute atomic E-state index is 0.0526. The first-order chi connectivity index (χ1) is 8.97. The number of hydrogen-bond donors (Lipinski definition) is 1. The van der Waals surface area contributed by atoms with Crippen molar-refractivity contribution in [1.82, 2.24) is 14.8 Å². The second kappa shape index (κ2) is 5.77. The van der Waals surface area contributed by atoms with Crippen LogP contribution in [-0.4, -0.2) is 40.4 Å². The zero-order chi connectivity index (χ0) is 14.0. The van der Waals surface area contributed by atoms with E-state index in [4.69, 9.17) is 0 Å². The van der Waals surface area contributed by atoms with E-state index < -0.39 is 0 Å². The van der Waals surface area contributed by atoms with Crippen molar-refractivity contribution in [2.45, 2.75) is 25.8 Å². The molecule has 2 amide bonds. The topological polar surface area (TPSA) is 54.3 Å². The first-order valence-electron chi connectivity index (χ1n) is 6.38. The highest BCUT2D eigenvalue weighted by Crippen LogP contribution is 2.14. The molecule has 5 nitrogen and oxygen atoms in total.